The van der Waals surface area contributed by atoms with Crippen molar-refractivity contribution in [3.8, 4) is 0 Å². The van der Waals surface area contributed by atoms with Gasteiger partial charge in [0.05, 0.1) is 131 Å². The summed E-state index contributed by atoms with van der Waals surface area (Å²) in [4.78, 5) is 0. The maximum Gasteiger partial charge on any atom is 0.0781 e. The summed E-state index contributed by atoms with van der Waals surface area (Å²) in [5, 5.41) is 26.1. The van der Waals surface area contributed by atoms with Crippen molar-refractivity contribution in [2.24, 2.45) is 0 Å². The zero-order valence-electron chi connectivity index (χ0n) is 22.8. The molecule has 0 amide bonds. The Kier molecular flexibility index (Phi) is 34.1. The normalized spacial score (nSPS) is 13.8. The Morgan fingerprint density at radius 3 is 1.19 bits per heavy atom. The van der Waals surface area contributed by atoms with E-state index in [0.29, 0.717) is 99.1 Å². The van der Waals surface area contributed by atoms with E-state index in [1.807, 2.05) is 6.92 Å². The molecule has 0 saturated heterocycles. The summed E-state index contributed by atoms with van der Waals surface area (Å²) in [5.74, 6) is 0. The van der Waals surface area contributed by atoms with Crippen LogP contribution in [0, 0.1) is 0 Å². The molecule has 0 aromatic heterocycles. The second-order valence-electron chi connectivity index (χ2n) is 7.71. The second-order valence-corrected chi connectivity index (χ2v) is 7.71. The topological polar surface area (TPSA) is 144 Å². The maximum atomic E-state index is 8.92. The van der Waals surface area contributed by atoms with Crippen LogP contribution in [-0.2, 0) is 42.6 Å². The summed E-state index contributed by atoms with van der Waals surface area (Å²) in [5.41, 5.74) is 0. The van der Waals surface area contributed by atoms with E-state index in [0.717, 1.165) is 0 Å². The number of aliphatic hydroxyl groups excluding tert-OH is 3. The van der Waals surface area contributed by atoms with E-state index >= 15 is 0 Å². The first kappa shape index (κ1) is 37.7. The molecule has 0 bridgehead atoms. The fourth-order valence-electron chi connectivity index (χ4n) is 2.11. The lowest BCUT2D eigenvalue weighted by Crippen LogP contribution is -2.24. The fourth-order valence-corrected chi connectivity index (χ4v) is 2.11. The van der Waals surface area contributed by atoms with Crippen LogP contribution in [0.15, 0.2) is 0 Å². The lowest BCUT2D eigenvalue weighted by molar-refractivity contribution is -0.0620. The third-order valence-corrected chi connectivity index (χ3v) is 4.02. The van der Waals surface area contributed by atoms with Crippen molar-refractivity contribution < 1.29 is 58.0 Å². The van der Waals surface area contributed by atoms with Crippen LogP contribution >= 0.6 is 0 Å². The summed E-state index contributed by atoms with van der Waals surface area (Å²) in [6.45, 7) is 13.0. The molecule has 12 nitrogen and oxygen atoms in total. The molecule has 0 aliphatic rings. The monoisotopic (exact) mass is 532 g/mol. The third-order valence-electron chi connectivity index (χ3n) is 4.02. The van der Waals surface area contributed by atoms with Crippen LogP contribution in [-0.4, -0.2) is 153 Å². The van der Waals surface area contributed by atoms with Gasteiger partial charge in [-0.1, -0.05) is 0 Å². The van der Waals surface area contributed by atoms with E-state index in [-0.39, 0.29) is 25.4 Å². The largest absolute Gasteiger partial charge is 0.394 e. The summed E-state index contributed by atoms with van der Waals surface area (Å²) in [6, 6.07) is 0. The predicted octanol–water partition coefficient (Wildman–Crippen LogP) is -0.106. The van der Waals surface area contributed by atoms with Crippen molar-refractivity contribution >= 4 is 0 Å². The van der Waals surface area contributed by atoms with Gasteiger partial charge in [-0.05, 0) is 20.8 Å². The van der Waals surface area contributed by atoms with Crippen LogP contribution in [0.2, 0.25) is 0 Å². The Bertz CT molecular complexity index is 370. The zero-order chi connectivity index (χ0) is 27.1. The molecule has 0 spiro atoms. The van der Waals surface area contributed by atoms with E-state index in [2.05, 4.69) is 0 Å². The van der Waals surface area contributed by atoms with Crippen LogP contribution < -0.4 is 0 Å². The lowest BCUT2D eigenvalue weighted by atomic mass is 10.4. The van der Waals surface area contributed by atoms with Crippen molar-refractivity contribution in [1.82, 2.24) is 0 Å². The van der Waals surface area contributed by atoms with Crippen molar-refractivity contribution in [1.29, 1.82) is 0 Å². The van der Waals surface area contributed by atoms with Gasteiger partial charge in [-0.2, -0.15) is 0 Å². The van der Waals surface area contributed by atoms with E-state index in [9.17, 15) is 0 Å². The Labute approximate surface area is 217 Å². The van der Waals surface area contributed by atoms with E-state index in [4.69, 9.17) is 58.0 Å². The molecule has 0 rings (SSSR count). The van der Waals surface area contributed by atoms with Crippen molar-refractivity contribution in [2.75, 3.05) is 119 Å². The van der Waals surface area contributed by atoms with Crippen molar-refractivity contribution in [2.45, 2.75) is 39.1 Å². The Balaban J connectivity index is 0. The SMILES string of the molecule is CC(O)COC(C)COC(C)CO.COCCOCCOCCOCCOCCOCCOCCO. The summed E-state index contributed by atoms with van der Waals surface area (Å²) in [6.07, 6.45) is -0.654. The highest BCUT2D eigenvalue weighted by atomic mass is 16.6. The third kappa shape index (κ3) is 35.7. The first-order valence-electron chi connectivity index (χ1n) is 12.6. The number of aliphatic hydroxyl groups is 3. The van der Waals surface area contributed by atoms with Gasteiger partial charge in [0.2, 0.25) is 0 Å². The molecule has 36 heavy (non-hydrogen) atoms. The molecular formula is C24H52O12. The molecule has 0 radical (unpaired) electrons. The van der Waals surface area contributed by atoms with Gasteiger partial charge in [-0.3, -0.25) is 0 Å². The Morgan fingerprint density at radius 1 is 0.500 bits per heavy atom. The average Bonchev–Trinajstić information content (AvgIpc) is 2.87. The molecule has 3 N–H and O–H groups in total. The van der Waals surface area contributed by atoms with Gasteiger partial charge in [0.15, 0.2) is 0 Å². The van der Waals surface area contributed by atoms with Crippen molar-refractivity contribution in [3.05, 3.63) is 0 Å². The van der Waals surface area contributed by atoms with Crippen LogP contribution in [0.3, 0.4) is 0 Å². The number of rotatable bonds is 27. The van der Waals surface area contributed by atoms with Gasteiger partial charge in [0, 0.05) is 7.11 Å². The molecule has 220 valence electrons. The summed E-state index contributed by atoms with van der Waals surface area (Å²) in [7, 11) is 1.64. The summed E-state index contributed by atoms with van der Waals surface area (Å²) < 4.78 is 46.9. The number of ether oxygens (including phenoxy) is 9. The molecule has 0 aliphatic carbocycles. The highest BCUT2D eigenvalue weighted by molar-refractivity contribution is 4.53. The van der Waals surface area contributed by atoms with Crippen molar-refractivity contribution in [3.63, 3.8) is 0 Å². The van der Waals surface area contributed by atoms with E-state index in [1.54, 1.807) is 21.0 Å². The number of methoxy groups -OCH3 is 1. The van der Waals surface area contributed by atoms with E-state index < -0.39 is 6.10 Å². The van der Waals surface area contributed by atoms with Crippen LogP contribution in [0.5, 0.6) is 0 Å². The van der Waals surface area contributed by atoms with Gasteiger partial charge in [-0.15, -0.1) is 0 Å². The number of hydrogen-bond donors (Lipinski definition) is 3. The molecule has 0 saturated carbocycles. The molecule has 0 aliphatic heterocycles. The lowest BCUT2D eigenvalue weighted by Gasteiger charge is -2.16. The molecular weight excluding hydrogens is 480 g/mol. The minimum absolute atomic E-state index is 0.0170. The molecule has 12 heteroatoms. The van der Waals surface area contributed by atoms with Gasteiger partial charge in [-0.25, -0.2) is 0 Å². The standard InChI is InChI=1S/C15H32O8.C9H20O4/c1-17-4-5-19-8-9-21-12-13-23-15-14-22-11-10-20-7-6-18-3-2-16;1-7(11)5-12-9(3)6-13-8(2)4-10/h16H,2-15H2,1H3;7-11H,4-6H2,1-3H3. The highest BCUT2D eigenvalue weighted by Crippen LogP contribution is 1.97. The Hall–Kier alpha value is -0.480. The average molecular weight is 533 g/mol. The molecule has 0 aromatic rings. The number of hydrogen-bond acceptors (Lipinski definition) is 12. The van der Waals surface area contributed by atoms with Gasteiger partial charge in [0.25, 0.3) is 0 Å². The summed E-state index contributed by atoms with van der Waals surface area (Å²) >= 11 is 0. The van der Waals surface area contributed by atoms with Gasteiger partial charge >= 0.3 is 0 Å². The zero-order valence-corrected chi connectivity index (χ0v) is 22.8. The molecule has 0 heterocycles. The maximum absolute atomic E-state index is 8.92. The first-order valence-corrected chi connectivity index (χ1v) is 12.6. The second kappa shape index (κ2) is 32.5. The minimum Gasteiger partial charge on any atom is -0.394 e. The Morgan fingerprint density at radius 2 is 0.861 bits per heavy atom. The highest BCUT2D eigenvalue weighted by Gasteiger charge is 2.07. The molecule has 3 unspecified atom stereocenters. The van der Waals surface area contributed by atoms with Crippen LogP contribution in [0.1, 0.15) is 20.8 Å². The van der Waals surface area contributed by atoms with Gasteiger partial charge in [0.1, 0.15) is 0 Å². The van der Waals surface area contributed by atoms with Crippen LogP contribution in [0.4, 0.5) is 0 Å². The van der Waals surface area contributed by atoms with Gasteiger partial charge < -0.3 is 58.0 Å². The smallest absolute Gasteiger partial charge is 0.0781 e. The quantitative estimate of drug-likeness (QED) is 0.121. The molecule has 0 fully saturated rings. The predicted molar refractivity (Wildman–Crippen MR) is 133 cm³/mol. The molecule has 0 aromatic carbocycles. The van der Waals surface area contributed by atoms with E-state index in [1.165, 1.54) is 0 Å². The first-order chi connectivity index (χ1) is 17.5. The minimum atomic E-state index is -0.447. The molecule has 3 atom stereocenters. The fraction of sp³-hybridized carbons (Fsp3) is 1.00. The van der Waals surface area contributed by atoms with Crippen LogP contribution in [0.25, 0.3) is 0 Å².